The maximum Gasteiger partial charge on any atom is 0.123 e. The highest BCUT2D eigenvalue weighted by Crippen LogP contribution is 2.29. The molecule has 1 saturated heterocycles. The summed E-state index contributed by atoms with van der Waals surface area (Å²) in [5, 5.41) is 0. The Morgan fingerprint density at radius 2 is 2.30 bits per heavy atom. The van der Waals surface area contributed by atoms with Gasteiger partial charge >= 0.3 is 0 Å². The highest BCUT2D eigenvalue weighted by atomic mass is 19.1. The van der Waals surface area contributed by atoms with Crippen molar-refractivity contribution in [2.75, 3.05) is 6.61 Å². The number of benzene rings is 1. The molecule has 0 bridgehead atoms. The van der Waals surface area contributed by atoms with Gasteiger partial charge in [-0.05, 0) is 17.7 Å². The molecule has 1 aliphatic rings. The van der Waals surface area contributed by atoms with Gasteiger partial charge in [0.05, 0.1) is 6.61 Å². The summed E-state index contributed by atoms with van der Waals surface area (Å²) in [6.07, 6.45) is 0.163. The van der Waals surface area contributed by atoms with Crippen LogP contribution in [0.1, 0.15) is 11.7 Å². The number of ether oxygens (including phenoxy) is 1. The van der Waals surface area contributed by atoms with Crippen molar-refractivity contribution in [2.45, 2.75) is 6.10 Å². The molecule has 10 heavy (non-hydrogen) atoms. The summed E-state index contributed by atoms with van der Waals surface area (Å²) in [5.74, 6) is -0.187. The van der Waals surface area contributed by atoms with Crippen molar-refractivity contribution in [2.24, 2.45) is 0 Å². The molecule has 1 unspecified atom stereocenters. The SMILES string of the molecule is Fc1cccc(C2CO2)c1. The van der Waals surface area contributed by atoms with Crippen LogP contribution < -0.4 is 0 Å². The average molecular weight is 138 g/mol. The molecule has 0 saturated carbocycles. The predicted molar refractivity (Wildman–Crippen MR) is 35.1 cm³/mol. The van der Waals surface area contributed by atoms with Crippen molar-refractivity contribution in [3.8, 4) is 0 Å². The van der Waals surface area contributed by atoms with Gasteiger partial charge in [-0.2, -0.15) is 0 Å². The Hall–Kier alpha value is -0.890. The molecular formula is C8H7FO. The summed E-state index contributed by atoms with van der Waals surface area (Å²) >= 11 is 0. The summed E-state index contributed by atoms with van der Waals surface area (Å²) in [4.78, 5) is 0. The Labute approximate surface area is 58.4 Å². The van der Waals surface area contributed by atoms with E-state index in [2.05, 4.69) is 0 Å². The van der Waals surface area contributed by atoms with E-state index in [4.69, 9.17) is 4.74 Å². The van der Waals surface area contributed by atoms with Gasteiger partial charge in [0.2, 0.25) is 0 Å². The Morgan fingerprint density at radius 1 is 1.50 bits per heavy atom. The third-order valence-corrected chi connectivity index (χ3v) is 1.55. The number of halogens is 1. The molecule has 1 aliphatic heterocycles. The molecule has 2 rings (SSSR count). The lowest BCUT2D eigenvalue weighted by atomic mass is 10.2. The molecule has 0 spiro atoms. The average Bonchev–Trinajstić information content (AvgIpc) is 2.68. The van der Waals surface area contributed by atoms with Crippen LogP contribution in [0, 0.1) is 5.82 Å². The minimum Gasteiger partial charge on any atom is -0.368 e. The maximum atomic E-state index is 12.5. The first-order chi connectivity index (χ1) is 4.86. The molecule has 1 atom stereocenters. The number of hydrogen-bond donors (Lipinski definition) is 0. The van der Waals surface area contributed by atoms with Crippen molar-refractivity contribution < 1.29 is 9.13 Å². The van der Waals surface area contributed by atoms with Crippen LogP contribution in [0.25, 0.3) is 0 Å². The van der Waals surface area contributed by atoms with Crippen molar-refractivity contribution in [1.29, 1.82) is 0 Å². The summed E-state index contributed by atoms with van der Waals surface area (Å²) in [6.45, 7) is 0.740. The Balaban J connectivity index is 2.32. The molecule has 2 heteroatoms. The van der Waals surface area contributed by atoms with E-state index in [1.807, 2.05) is 6.07 Å². The Bertz CT molecular complexity index is 243. The first kappa shape index (κ1) is 5.86. The fourth-order valence-corrected chi connectivity index (χ4v) is 0.947. The van der Waals surface area contributed by atoms with Crippen LogP contribution in [-0.2, 0) is 4.74 Å². The van der Waals surface area contributed by atoms with Crippen molar-refractivity contribution in [1.82, 2.24) is 0 Å². The first-order valence-corrected chi connectivity index (χ1v) is 3.23. The van der Waals surface area contributed by atoms with Crippen molar-refractivity contribution in [3.05, 3.63) is 35.6 Å². The van der Waals surface area contributed by atoms with E-state index >= 15 is 0 Å². The van der Waals surface area contributed by atoms with Crippen molar-refractivity contribution in [3.63, 3.8) is 0 Å². The minimum atomic E-state index is -0.187. The molecule has 0 radical (unpaired) electrons. The van der Waals surface area contributed by atoms with E-state index in [9.17, 15) is 4.39 Å². The van der Waals surface area contributed by atoms with Crippen molar-refractivity contribution >= 4 is 0 Å². The minimum absolute atomic E-state index is 0.163. The van der Waals surface area contributed by atoms with E-state index in [0.717, 1.165) is 12.2 Å². The zero-order chi connectivity index (χ0) is 6.97. The standard InChI is InChI=1S/C8H7FO/c9-7-3-1-2-6(4-7)8-5-10-8/h1-4,8H,5H2. The molecule has 1 nitrogen and oxygen atoms in total. The third kappa shape index (κ3) is 1.02. The highest BCUT2D eigenvalue weighted by molar-refractivity contribution is 5.21. The van der Waals surface area contributed by atoms with Gasteiger partial charge in [0.15, 0.2) is 0 Å². The van der Waals surface area contributed by atoms with Gasteiger partial charge < -0.3 is 4.74 Å². The molecule has 0 amide bonds. The van der Waals surface area contributed by atoms with Gasteiger partial charge in [-0.1, -0.05) is 12.1 Å². The molecule has 0 aliphatic carbocycles. The Kier molecular flexibility index (Phi) is 1.21. The maximum absolute atomic E-state index is 12.5. The Morgan fingerprint density at radius 3 is 2.90 bits per heavy atom. The lowest BCUT2D eigenvalue weighted by molar-refractivity contribution is 0.415. The van der Waals surface area contributed by atoms with Crippen LogP contribution in [0.5, 0.6) is 0 Å². The van der Waals surface area contributed by atoms with E-state index in [1.165, 1.54) is 12.1 Å². The molecule has 1 aromatic carbocycles. The number of epoxide rings is 1. The molecule has 0 aromatic heterocycles. The summed E-state index contributed by atoms with van der Waals surface area (Å²) in [5.41, 5.74) is 0.944. The van der Waals surface area contributed by atoms with E-state index in [-0.39, 0.29) is 11.9 Å². The van der Waals surface area contributed by atoms with Crippen LogP contribution in [0.3, 0.4) is 0 Å². The monoisotopic (exact) mass is 138 g/mol. The first-order valence-electron chi connectivity index (χ1n) is 3.23. The van der Waals surface area contributed by atoms with E-state index in [1.54, 1.807) is 6.07 Å². The van der Waals surface area contributed by atoms with Crippen LogP contribution in [0.2, 0.25) is 0 Å². The summed E-state index contributed by atoms with van der Waals surface area (Å²) < 4.78 is 17.5. The third-order valence-electron chi connectivity index (χ3n) is 1.55. The van der Waals surface area contributed by atoms with Crippen LogP contribution in [0.15, 0.2) is 24.3 Å². The number of hydrogen-bond acceptors (Lipinski definition) is 1. The zero-order valence-electron chi connectivity index (χ0n) is 5.38. The van der Waals surface area contributed by atoms with E-state index < -0.39 is 0 Å². The van der Waals surface area contributed by atoms with Gasteiger partial charge in [0.1, 0.15) is 11.9 Å². The second-order valence-electron chi connectivity index (χ2n) is 2.38. The highest BCUT2D eigenvalue weighted by Gasteiger charge is 2.24. The fraction of sp³-hybridized carbons (Fsp3) is 0.250. The lowest BCUT2D eigenvalue weighted by Crippen LogP contribution is -1.80. The topological polar surface area (TPSA) is 12.5 Å². The van der Waals surface area contributed by atoms with Gasteiger partial charge in [-0.3, -0.25) is 0 Å². The van der Waals surface area contributed by atoms with Gasteiger partial charge in [-0.15, -0.1) is 0 Å². The van der Waals surface area contributed by atoms with Crippen LogP contribution in [-0.4, -0.2) is 6.61 Å². The smallest absolute Gasteiger partial charge is 0.123 e. The molecule has 0 N–H and O–H groups in total. The van der Waals surface area contributed by atoms with Gasteiger partial charge in [0, 0.05) is 0 Å². The zero-order valence-corrected chi connectivity index (χ0v) is 5.38. The molecular weight excluding hydrogens is 131 g/mol. The number of rotatable bonds is 1. The quantitative estimate of drug-likeness (QED) is 0.540. The molecule has 1 heterocycles. The van der Waals surface area contributed by atoms with Crippen LogP contribution in [0.4, 0.5) is 4.39 Å². The second kappa shape index (κ2) is 2.06. The summed E-state index contributed by atoms with van der Waals surface area (Å²) in [7, 11) is 0. The van der Waals surface area contributed by atoms with Gasteiger partial charge in [-0.25, -0.2) is 4.39 Å². The lowest BCUT2D eigenvalue weighted by Gasteiger charge is -1.92. The summed E-state index contributed by atoms with van der Waals surface area (Å²) in [6, 6.07) is 6.52. The second-order valence-corrected chi connectivity index (χ2v) is 2.38. The van der Waals surface area contributed by atoms with Gasteiger partial charge in [0.25, 0.3) is 0 Å². The molecule has 1 fully saturated rings. The molecule has 1 aromatic rings. The predicted octanol–water partition coefficient (Wildman–Crippen LogP) is 1.90. The van der Waals surface area contributed by atoms with Crippen LogP contribution >= 0.6 is 0 Å². The largest absolute Gasteiger partial charge is 0.368 e. The molecule has 52 valence electrons. The van der Waals surface area contributed by atoms with E-state index in [0.29, 0.717) is 0 Å². The normalized spacial score (nSPS) is 22.7. The fourth-order valence-electron chi connectivity index (χ4n) is 0.947.